The van der Waals surface area contributed by atoms with Crippen molar-refractivity contribution >= 4 is 17.8 Å². The molecule has 14 heavy (non-hydrogen) atoms. The van der Waals surface area contributed by atoms with Gasteiger partial charge in [-0.25, -0.2) is 0 Å². The Morgan fingerprint density at radius 2 is 1.36 bits per heavy atom. The molecule has 0 aromatic rings. The number of carboxylic acid groups (broad SMARTS) is 2. The first-order valence-corrected chi connectivity index (χ1v) is 3.02. The fourth-order valence-electron chi connectivity index (χ4n) is 0.537. The molecule has 0 radical (unpaired) electrons. The van der Waals surface area contributed by atoms with Gasteiger partial charge in [-0.1, -0.05) is 0 Å². The first kappa shape index (κ1) is 21.0. The van der Waals surface area contributed by atoms with E-state index < -0.39 is 23.4 Å². The molecule has 6 nitrogen and oxygen atoms in total. The van der Waals surface area contributed by atoms with Gasteiger partial charge >= 0.3 is 103 Å². The molecule has 1 N–H and O–H groups in total. The number of amides is 1. The molecule has 0 rings (SSSR count). The minimum Gasteiger partial charge on any atom is -0.547 e. The molecule has 0 atom stereocenters. The average molecular weight is 251 g/mol. The van der Waals surface area contributed by atoms with Crippen LogP contribution < -0.4 is 118 Å². The Morgan fingerprint density at radius 1 is 1.07 bits per heavy atom. The van der Waals surface area contributed by atoms with Gasteiger partial charge in [-0.3, -0.25) is 4.79 Å². The third kappa shape index (κ3) is 6.31. The van der Waals surface area contributed by atoms with E-state index in [9.17, 15) is 24.6 Å². The predicted octanol–water partition coefficient (Wildman–Crippen LogP) is -9.61. The molecule has 0 aromatic carbocycles. The standard InChI is InChI=1S/C6H9NO5.2K/c1-3(8)7-6(2,4(9)10)5(11)12;;/h1-2H3,(H,7,8)(H,9,10)(H,11,12);;/q;2*+1/p-2. The molecule has 0 unspecified atom stereocenters. The van der Waals surface area contributed by atoms with Crippen LogP contribution in [0.5, 0.6) is 0 Å². The quantitative estimate of drug-likeness (QED) is 0.396. The Balaban J connectivity index is -0.000000605. The van der Waals surface area contributed by atoms with E-state index in [0.29, 0.717) is 0 Å². The zero-order chi connectivity index (χ0) is 9.94. The van der Waals surface area contributed by atoms with E-state index in [2.05, 4.69) is 0 Å². The van der Waals surface area contributed by atoms with Crippen LogP contribution in [-0.2, 0) is 14.4 Å². The molecule has 8 heteroatoms. The molecular weight excluding hydrogens is 244 g/mol. The summed E-state index contributed by atoms with van der Waals surface area (Å²) in [7, 11) is 0. The van der Waals surface area contributed by atoms with Crippen LogP contribution >= 0.6 is 0 Å². The van der Waals surface area contributed by atoms with Crippen molar-refractivity contribution in [2.45, 2.75) is 19.4 Å². The van der Waals surface area contributed by atoms with Crippen LogP contribution in [0.1, 0.15) is 13.8 Å². The largest absolute Gasteiger partial charge is 1.00 e. The number of nitrogens with one attached hydrogen (secondary N) is 1. The summed E-state index contributed by atoms with van der Waals surface area (Å²) in [6.07, 6.45) is 0. The second-order valence-corrected chi connectivity index (χ2v) is 2.38. The molecule has 0 fully saturated rings. The number of hydrogen-bond acceptors (Lipinski definition) is 5. The maximum atomic E-state index is 10.4. The third-order valence-corrected chi connectivity index (χ3v) is 1.24. The second-order valence-electron chi connectivity index (χ2n) is 2.38. The zero-order valence-electron chi connectivity index (χ0n) is 8.54. The van der Waals surface area contributed by atoms with Crippen LogP contribution in [-0.4, -0.2) is 23.4 Å². The van der Waals surface area contributed by atoms with Gasteiger partial charge in [0.25, 0.3) is 0 Å². The van der Waals surface area contributed by atoms with Crippen molar-refractivity contribution in [3.05, 3.63) is 0 Å². The molecule has 68 valence electrons. The molecule has 0 bridgehead atoms. The van der Waals surface area contributed by atoms with Crippen LogP contribution in [0.25, 0.3) is 0 Å². The summed E-state index contributed by atoms with van der Waals surface area (Å²) in [6, 6.07) is 0. The van der Waals surface area contributed by atoms with E-state index in [4.69, 9.17) is 0 Å². The van der Waals surface area contributed by atoms with Crippen LogP contribution in [0.4, 0.5) is 0 Å². The molecule has 0 aliphatic carbocycles. The molecule has 0 aromatic heterocycles. The first-order valence-electron chi connectivity index (χ1n) is 3.02. The Labute approximate surface area is 166 Å². The van der Waals surface area contributed by atoms with E-state index in [-0.39, 0.29) is 103 Å². The van der Waals surface area contributed by atoms with Crippen LogP contribution in [0, 0.1) is 0 Å². The van der Waals surface area contributed by atoms with Gasteiger partial charge in [-0.05, 0) is 6.92 Å². The van der Waals surface area contributed by atoms with E-state index >= 15 is 0 Å². The van der Waals surface area contributed by atoms with Crippen LogP contribution in [0.2, 0.25) is 0 Å². The molecule has 0 heterocycles. The maximum absolute atomic E-state index is 10.4. The van der Waals surface area contributed by atoms with Crippen molar-refractivity contribution < 1.29 is 127 Å². The van der Waals surface area contributed by atoms with Crippen molar-refractivity contribution in [2.75, 3.05) is 0 Å². The summed E-state index contributed by atoms with van der Waals surface area (Å²) in [4.78, 5) is 30.9. The number of hydrogen-bond donors (Lipinski definition) is 1. The van der Waals surface area contributed by atoms with Crippen molar-refractivity contribution in [1.82, 2.24) is 5.32 Å². The van der Waals surface area contributed by atoms with E-state index in [1.807, 2.05) is 0 Å². The summed E-state index contributed by atoms with van der Waals surface area (Å²) < 4.78 is 0. The Kier molecular flexibility index (Phi) is 13.2. The monoisotopic (exact) mass is 251 g/mol. The average Bonchev–Trinajstić information content (AvgIpc) is 1.84. The van der Waals surface area contributed by atoms with Gasteiger partial charge in [0.05, 0.1) is 11.9 Å². The fourth-order valence-corrected chi connectivity index (χ4v) is 0.537. The summed E-state index contributed by atoms with van der Waals surface area (Å²) in [5.74, 6) is -4.62. The predicted molar refractivity (Wildman–Crippen MR) is 32.2 cm³/mol. The zero-order valence-corrected chi connectivity index (χ0v) is 14.8. The minimum absolute atomic E-state index is 0. The number of rotatable bonds is 3. The summed E-state index contributed by atoms with van der Waals surface area (Å²) in [5.41, 5.74) is -2.47. The Hall–Kier alpha value is 1.68. The van der Waals surface area contributed by atoms with Gasteiger partial charge in [0.15, 0.2) is 0 Å². The topological polar surface area (TPSA) is 109 Å². The molecular formula is C6H7K2NO5. The van der Waals surface area contributed by atoms with Gasteiger partial charge in [0, 0.05) is 6.92 Å². The molecule has 0 saturated carbocycles. The first-order chi connectivity index (χ1) is 5.30. The summed E-state index contributed by atoms with van der Waals surface area (Å²) >= 11 is 0. The molecule has 0 spiro atoms. The summed E-state index contributed by atoms with van der Waals surface area (Å²) in [5, 5.41) is 22.2. The van der Waals surface area contributed by atoms with Gasteiger partial charge in [-0.15, -0.1) is 0 Å². The van der Waals surface area contributed by atoms with Gasteiger partial charge in [0.2, 0.25) is 5.91 Å². The number of carbonyl (C=O) groups is 3. The smallest absolute Gasteiger partial charge is 0.547 e. The Morgan fingerprint density at radius 3 is 1.43 bits per heavy atom. The number of aliphatic carboxylic acids is 2. The fraction of sp³-hybridized carbons (Fsp3) is 0.500. The van der Waals surface area contributed by atoms with Gasteiger partial charge < -0.3 is 25.1 Å². The van der Waals surface area contributed by atoms with Crippen LogP contribution in [0.3, 0.4) is 0 Å². The van der Waals surface area contributed by atoms with E-state index in [1.54, 1.807) is 5.32 Å². The minimum atomic E-state index is -2.47. The Bertz CT molecular complexity index is 228. The second kappa shape index (κ2) is 8.79. The SMILES string of the molecule is CC(=O)NC(C)(C(=O)[O-])C(=O)[O-].[K+].[K+]. The van der Waals surface area contributed by atoms with Gasteiger partial charge in [0.1, 0.15) is 5.54 Å². The van der Waals surface area contributed by atoms with Gasteiger partial charge in [-0.2, -0.15) is 0 Å². The molecule has 0 saturated heterocycles. The molecule has 0 aliphatic rings. The number of carbonyl (C=O) groups excluding carboxylic acids is 3. The van der Waals surface area contributed by atoms with Crippen molar-refractivity contribution in [1.29, 1.82) is 0 Å². The number of carboxylic acids is 2. The maximum Gasteiger partial charge on any atom is 1.00 e. The van der Waals surface area contributed by atoms with Crippen molar-refractivity contribution in [3.8, 4) is 0 Å². The molecule has 1 amide bonds. The normalized spacial score (nSPS) is 9.00. The molecule has 0 aliphatic heterocycles. The van der Waals surface area contributed by atoms with Crippen LogP contribution in [0.15, 0.2) is 0 Å². The summed E-state index contributed by atoms with van der Waals surface area (Å²) in [6.45, 7) is 1.77. The van der Waals surface area contributed by atoms with E-state index in [0.717, 1.165) is 13.8 Å². The van der Waals surface area contributed by atoms with Crippen molar-refractivity contribution in [3.63, 3.8) is 0 Å². The third-order valence-electron chi connectivity index (χ3n) is 1.24. The van der Waals surface area contributed by atoms with E-state index in [1.165, 1.54) is 0 Å². The van der Waals surface area contributed by atoms with Crippen molar-refractivity contribution in [2.24, 2.45) is 0 Å².